The van der Waals surface area contributed by atoms with Crippen molar-refractivity contribution in [3.63, 3.8) is 0 Å². The first-order valence-electron chi connectivity index (χ1n) is 7.00. The highest BCUT2D eigenvalue weighted by molar-refractivity contribution is 7.91. The number of esters is 1. The Morgan fingerprint density at radius 1 is 1.52 bits per heavy atom. The number of aryl methyl sites for hydroxylation is 1. The summed E-state index contributed by atoms with van der Waals surface area (Å²) in [6.07, 6.45) is 3.77. The first-order valence-corrected chi connectivity index (χ1v) is 8.82. The van der Waals surface area contributed by atoms with Crippen molar-refractivity contribution in [2.75, 3.05) is 31.2 Å². The van der Waals surface area contributed by atoms with Gasteiger partial charge in [0.2, 0.25) is 0 Å². The highest BCUT2D eigenvalue weighted by Gasteiger charge is 2.33. The van der Waals surface area contributed by atoms with Gasteiger partial charge in [-0.1, -0.05) is 0 Å². The maximum Gasteiger partial charge on any atom is 0.307 e. The lowest BCUT2D eigenvalue weighted by Gasteiger charge is -2.34. The molecule has 0 saturated carbocycles. The number of rotatable bonds is 5. The number of aromatic nitrogens is 2. The van der Waals surface area contributed by atoms with E-state index in [1.54, 1.807) is 24.9 Å². The molecule has 0 radical (unpaired) electrons. The molecule has 1 saturated heterocycles. The second-order valence-corrected chi connectivity index (χ2v) is 7.40. The van der Waals surface area contributed by atoms with Crippen LogP contribution in [0.15, 0.2) is 12.4 Å². The van der Waals surface area contributed by atoms with Gasteiger partial charge >= 0.3 is 5.97 Å². The largest absolute Gasteiger partial charge is 0.466 e. The van der Waals surface area contributed by atoms with Crippen molar-refractivity contribution in [2.45, 2.75) is 19.4 Å². The van der Waals surface area contributed by atoms with Gasteiger partial charge in [0.1, 0.15) is 0 Å². The van der Waals surface area contributed by atoms with Crippen molar-refractivity contribution in [3.05, 3.63) is 18.0 Å². The molecule has 0 aromatic carbocycles. The zero-order valence-corrected chi connectivity index (χ0v) is 13.2. The molecule has 118 valence electrons. The average Bonchev–Trinajstić information content (AvgIpc) is 2.83. The average molecular weight is 315 g/mol. The summed E-state index contributed by atoms with van der Waals surface area (Å²) in [5.74, 6) is -0.0513. The molecular weight excluding hydrogens is 294 g/mol. The van der Waals surface area contributed by atoms with Gasteiger partial charge in [0.05, 0.1) is 36.8 Å². The van der Waals surface area contributed by atoms with Crippen LogP contribution >= 0.6 is 0 Å². The summed E-state index contributed by atoms with van der Waals surface area (Å²) < 4.78 is 30.3. The Bertz CT molecular complexity index is 596. The third-order valence-electron chi connectivity index (χ3n) is 3.56. The predicted octanol–water partition coefficient (Wildman–Crippen LogP) is 0.145. The monoisotopic (exact) mass is 315 g/mol. The zero-order valence-electron chi connectivity index (χ0n) is 12.4. The van der Waals surface area contributed by atoms with E-state index in [-0.39, 0.29) is 29.9 Å². The van der Waals surface area contributed by atoms with Crippen LogP contribution in [0.5, 0.6) is 0 Å². The number of hydrogen-bond acceptors (Lipinski definition) is 6. The lowest BCUT2D eigenvalue weighted by atomic mass is 10.1. The van der Waals surface area contributed by atoms with Crippen LogP contribution in [0, 0.1) is 0 Å². The standard InChI is InChI=1S/C13H21N3O4S/c1-3-20-13(17)4-5-16-6-7-21(18,19)10-12(16)11-8-14-15(2)9-11/h8-9,12H,3-7,10H2,1-2H3. The summed E-state index contributed by atoms with van der Waals surface area (Å²) in [6.45, 7) is 3.05. The van der Waals surface area contributed by atoms with Crippen molar-refractivity contribution >= 4 is 15.8 Å². The summed E-state index contributed by atoms with van der Waals surface area (Å²) in [5.41, 5.74) is 0.865. The molecule has 2 heterocycles. The first-order chi connectivity index (χ1) is 9.91. The molecule has 21 heavy (non-hydrogen) atoms. The van der Waals surface area contributed by atoms with Crippen LogP contribution in [0.1, 0.15) is 24.9 Å². The molecule has 1 aliphatic heterocycles. The van der Waals surface area contributed by atoms with Crippen LogP contribution in [0.2, 0.25) is 0 Å². The smallest absolute Gasteiger partial charge is 0.307 e. The van der Waals surface area contributed by atoms with Gasteiger partial charge < -0.3 is 4.74 Å². The van der Waals surface area contributed by atoms with Gasteiger partial charge in [-0.25, -0.2) is 8.42 Å². The number of carbonyl (C=O) groups excluding carboxylic acids is 1. The fourth-order valence-corrected chi connectivity index (χ4v) is 4.06. The van der Waals surface area contributed by atoms with Gasteiger partial charge in [0, 0.05) is 31.9 Å². The number of carbonyl (C=O) groups is 1. The topological polar surface area (TPSA) is 81.5 Å². The minimum absolute atomic E-state index is 0.0710. The molecule has 1 aliphatic rings. The van der Waals surface area contributed by atoms with E-state index in [9.17, 15) is 13.2 Å². The minimum atomic E-state index is -3.05. The molecule has 1 fully saturated rings. The van der Waals surface area contributed by atoms with E-state index in [1.807, 2.05) is 11.1 Å². The molecule has 1 aromatic rings. The van der Waals surface area contributed by atoms with Crippen molar-refractivity contribution in [3.8, 4) is 0 Å². The summed E-state index contributed by atoms with van der Waals surface area (Å²) in [7, 11) is -1.25. The fourth-order valence-electron chi connectivity index (χ4n) is 2.50. The molecule has 1 atom stereocenters. The fraction of sp³-hybridized carbons (Fsp3) is 0.692. The number of nitrogens with zero attached hydrogens (tertiary/aromatic N) is 3. The lowest BCUT2D eigenvalue weighted by Crippen LogP contribution is -2.43. The maximum absolute atomic E-state index is 11.9. The van der Waals surface area contributed by atoms with E-state index in [2.05, 4.69) is 5.10 Å². The molecule has 0 spiro atoms. The Hall–Kier alpha value is -1.41. The Morgan fingerprint density at radius 3 is 2.90 bits per heavy atom. The van der Waals surface area contributed by atoms with Crippen molar-refractivity contribution in [1.82, 2.24) is 14.7 Å². The quantitative estimate of drug-likeness (QED) is 0.719. The van der Waals surface area contributed by atoms with Crippen LogP contribution in [0.3, 0.4) is 0 Å². The molecule has 0 amide bonds. The van der Waals surface area contributed by atoms with Gasteiger partial charge in [-0.2, -0.15) is 5.10 Å². The molecule has 8 heteroatoms. The first kappa shape index (κ1) is 16.0. The summed E-state index contributed by atoms with van der Waals surface area (Å²) in [4.78, 5) is 13.5. The van der Waals surface area contributed by atoms with Gasteiger partial charge in [0.15, 0.2) is 9.84 Å². The van der Waals surface area contributed by atoms with E-state index >= 15 is 0 Å². The Balaban J connectivity index is 2.08. The summed E-state index contributed by atoms with van der Waals surface area (Å²) >= 11 is 0. The Kier molecular flexibility index (Phi) is 5.00. The third-order valence-corrected chi connectivity index (χ3v) is 5.19. The molecule has 0 N–H and O–H groups in total. The molecule has 0 aliphatic carbocycles. The van der Waals surface area contributed by atoms with Crippen LogP contribution in [0.25, 0.3) is 0 Å². The molecule has 1 aromatic heterocycles. The number of ether oxygens (including phenoxy) is 1. The van der Waals surface area contributed by atoms with Gasteiger partial charge in [-0.05, 0) is 6.92 Å². The second-order valence-electron chi connectivity index (χ2n) is 5.17. The van der Waals surface area contributed by atoms with Gasteiger partial charge in [-0.15, -0.1) is 0 Å². The number of sulfone groups is 1. The van der Waals surface area contributed by atoms with E-state index in [1.165, 1.54) is 0 Å². The van der Waals surface area contributed by atoms with Crippen LogP contribution in [0.4, 0.5) is 0 Å². The van der Waals surface area contributed by atoms with E-state index in [4.69, 9.17) is 4.74 Å². The molecule has 7 nitrogen and oxygen atoms in total. The highest BCUT2D eigenvalue weighted by Crippen LogP contribution is 2.26. The van der Waals surface area contributed by atoms with Crippen molar-refractivity contribution < 1.29 is 17.9 Å². The predicted molar refractivity (Wildman–Crippen MR) is 77.4 cm³/mol. The molecule has 1 unspecified atom stereocenters. The molecule has 2 rings (SSSR count). The van der Waals surface area contributed by atoms with Gasteiger partial charge in [-0.3, -0.25) is 14.4 Å². The zero-order chi connectivity index (χ0) is 15.5. The second kappa shape index (κ2) is 6.57. The lowest BCUT2D eigenvalue weighted by molar-refractivity contribution is -0.143. The van der Waals surface area contributed by atoms with E-state index in [0.717, 1.165) is 5.56 Å². The maximum atomic E-state index is 11.9. The Labute approximate surface area is 124 Å². The van der Waals surface area contributed by atoms with E-state index in [0.29, 0.717) is 19.7 Å². The van der Waals surface area contributed by atoms with Crippen LogP contribution in [-0.4, -0.2) is 60.3 Å². The van der Waals surface area contributed by atoms with Crippen molar-refractivity contribution in [1.29, 1.82) is 0 Å². The normalized spacial score (nSPS) is 22.1. The van der Waals surface area contributed by atoms with Crippen molar-refractivity contribution in [2.24, 2.45) is 7.05 Å². The molecule has 0 bridgehead atoms. The minimum Gasteiger partial charge on any atom is -0.466 e. The Morgan fingerprint density at radius 2 is 2.29 bits per heavy atom. The summed E-state index contributed by atoms with van der Waals surface area (Å²) in [6, 6.07) is -0.244. The van der Waals surface area contributed by atoms with E-state index < -0.39 is 9.84 Å². The third kappa shape index (κ3) is 4.28. The van der Waals surface area contributed by atoms with Gasteiger partial charge in [0.25, 0.3) is 0 Å². The summed E-state index contributed by atoms with van der Waals surface area (Å²) in [5, 5.41) is 4.10. The van der Waals surface area contributed by atoms with Crippen LogP contribution < -0.4 is 0 Å². The van der Waals surface area contributed by atoms with Crippen LogP contribution in [-0.2, 0) is 26.4 Å². The highest BCUT2D eigenvalue weighted by atomic mass is 32.2. The molecular formula is C13H21N3O4S. The SMILES string of the molecule is CCOC(=O)CCN1CCS(=O)(=O)CC1c1cnn(C)c1. The number of hydrogen-bond donors (Lipinski definition) is 0.